The fourth-order valence-corrected chi connectivity index (χ4v) is 4.04. The third kappa shape index (κ3) is 4.03. The Bertz CT molecular complexity index is 1470. The molecule has 0 aliphatic carbocycles. The van der Waals surface area contributed by atoms with Gasteiger partial charge in [0.05, 0.1) is 12.2 Å². The summed E-state index contributed by atoms with van der Waals surface area (Å²) in [5, 5.41) is 14.3. The first-order chi connectivity index (χ1) is 16.7. The Morgan fingerprint density at radius 1 is 1.03 bits per heavy atom. The zero-order chi connectivity index (χ0) is 23.5. The highest BCUT2D eigenvalue weighted by Crippen LogP contribution is 2.29. The van der Waals surface area contributed by atoms with Gasteiger partial charge in [0.1, 0.15) is 5.82 Å². The van der Waals surface area contributed by atoms with E-state index in [1.54, 1.807) is 41.4 Å². The van der Waals surface area contributed by atoms with Crippen molar-refractivity contribution >= 4 is 0 Å². The monoisotopic (exact) mass is 455 g/mol. The predicted molar refractivity (Wildman–Crippen MR) is 126 cm³/mol. The van der Waals surface area contributed by atoms with Crippen LogP contribution in [0.3, 0.4) is 0 Å². The van der Waals surface area contributed by atoms with Crippen molar-refractivity contribution in [3.05, 3.63) is 101 Å². The van der Waals surface area contributed by atoms with Gasteiger partial charge < -0.3 is 0 Å². The lowest BCUT2D eigenvalue weighted by Crippen LogP contribution is -2.25. The van der Waals surface area contributed by atoms with Gasteiger partial charge in [0, 0.05) is 35.4 Å². The van der Waals surface area contributed by atoms with Crippen LogP contribution in [0.4, 0.5) is 4.39 Å². The van der Waals surface area contributed by atoms with Crippen LogP contribution in [-0.4, -0.2) is 34.7 Å². The van der Waals surface area contributed by atoms with E-state index < -0.39 is 5.82 Å². The first-order valence-corrected chi connectivity index (χ1v) is 11.0. The van der Waals surface area contributed by atoms with E-state index in [4.69, 9.17) is 0 Å². The maximum atomic E-state index is 14.4. The van der Waals surface area contributed by atoms with Crippen LogP contribution in [-0.2, 0) is 13.0 Å². The van der Waals surface area contributed by atoms with Gasteiger partial charge in [-0.3, -0.25) is 14.1 Å². The maximum Gasteiger partial charge on any atom is 0.333 e. The fraction of sp³-hybridized carbons (Fsp3) is 0.160. The van der Waals surface area contributed by atoms with E-state index in [2.05, 4.69) is 32.5 Å². The SMILES string of the molecule is CCCc1cn(-c2ccccc2F)c(=O)n1Cc1ccc(-c2cnccc2-c2nn[nH]n2)cc1. The van der Waals surface area contributed by atoms with Crippen LogP contribution in [0.15, 0.2) is 78.0 Å². The molecule has 2 aromatic carbocycles. The zero-order valence-corrected chi connectivity index (χ0v) is 18.5. The van der Waals surface area contributed by atoms with Crippen LogP contribution in [0.2, 0.25) is 0 Å². The highest BCUT2D eigenvalue weighted by Gasteiger charge is 2.16. The van der Waals surface area contributed by atoms with Crippen molar-refractivity contribution < 1.29 is 4.39 Å². The highest BCUT2D eigenvalue weighted by molar-refractivity contribution is 5.79. The van der Waals surface area contributed by atoms with E-state index in [0.717, 1.165) is 40.8 Å². The largest absolute Gasteiger partial charge is 0.333 e. The Kier molecular flexibility index (Phi) is 5.82. The van der Waals surface area contributed by atoms with Gasteiger partial charge in [-0.1, -0.05) is 49.7 Å². The molecule has 0 spiro atoms. The molecule has 0 unspecified atom stereocenters. The van der Waals surface area contributed by atoms with Gasteiger partial charge in [-0.2, -0.15) is 5.21 Å². The number of tetrazole rings is 1. The molecule has 3 heterocycles. The highest BCUT2D eigenvalue weighted by atomic mass is 19.1. The number of hydrogen-bond donors (Lipinski definition) is 1. The summed E-state index contributed by atoms with van der Waals surface area (Å²) in [6.45, 7) is 2.44. The molecule has 1 N–H and O–H groups in total. The maximum absolute atomic E-state index is 14.4. The van der Waals surface area contributed by atoms with Gasteiger partial charge in [0.15, 0.2) is 0 Å². The van der Waals surface area contributed by atoms with Crippen LogP contribution in [0, 0.1) is 5.82 Å². The molecule has 5 aromatic rings. The first-order valence-electron chi connectivity index (χ1n) is 11.0. The van der Waals surface area contributed by atoms with Crippen molar-refractivity contribution in [2.45, 2.75) is 26.3 Å². The molecule has 0 aliphatic heterocycles. The summed E-state index contributed by atoms with van der Waals surface area (Å²) in [4.78, 5) is 17.5. The molecule has 170 valence electrons. The Labute approximate surface area is 194 Å². The number of halogens is 1. The van der Waals surface area contributed by atoms with Crippen molar-refractivity contribution in [3.8, 4) is 28.2 Å². The summed E-state index contributed by atoms with van der Waals surface area (Å²) < 4.78 is 17.5. The van der Waals surface area contributed by atoms with Crippen LogP contribution in [0.5, 0.6) is 0 Å². The molecule has 0 aliphatic rings. The summed E-state index contributed by atoms with van der Waals surface area (Å²) in [5.74, 6) is 0.0646. The number of nitrogens with one attached hydrogen (secondary N) is 1. The minimum atomic E-state index is -0.428. The molecule has 34 heavy (non-hydrogen) atoms. The van der Waals surface area contributed by atoms with Crippen LogP contribution in [0.25, 0.3) is 28.2 Å². The van der Waals surface area contributed by atoms with Gasteiger partial charge in [-0.15, -0.1) is 10.2 Å². The molecule has 0 bridgehead atoms. The molecule has 8 nitrogen and oxygen atoms in total. The lowest BCUT2D eigenvalue weighted by atomic mass is 10.0. The zero-order valence-electron chi connectivity index (χ0n) is 18.5. The molecule has 5 rings (SSSR count). The summed E-state index contributed by atoms with van der Waals surface area (Å²) >= 11 is 0. The number of aromatic amines is 1. The number of aromatic nitrogens is 7. The second kappa shape index (κ2) is 9.22. The molecule has 9 heteroatoms. The number of aryl methyl sites for hydroxylation is 1. The number of para-hydroxylation sites is 1. The smallest absolute Gasteiger partial charge is 0.292 e. The predicted octanol–water partition coefficient (Wildman–Crippen LogP) is 4.02. The lowest BCUT2D eigenvalue weighted by molar-refractivity contribution is 0.613. The third-order valence-corrected chi connectivity index (χ3v) is 5.69. The summed E-state index contributed by atoms with van der Waals surface area (Å²) in [6, 6.07) is 16.1. The molecule has 0 saturated heterocycles. The number of pyridine rings is 1. The van der Waals surface area contributed by atoms with E-state index in [9.17, 15) is 9.18 Å². The molecule has 3 aromatic heterocycles. The van der Waals surface area contributed by atoms with Crippen molar-refractivity contribution in [1.82, 2.24) is 34.7 Å². The Balaban J connectivity index is 1.48. The van der Waals surface area contributed by atoms with Gasteiger partial charge in [-0.25, -0.2) is 9.18 Å². The second-order valence-electron chi connectivity index (χ2n) is 7.91. The van der Waals surface area contributed by atoms with E-state index in [1.807, 2.05) is 30.3 Å². The van der Waals surface area contributed by atoms with Crippen LogP contribution in [0.1, 0.15) is 24.6 Å². The lowest BCUT2D eigenvalue weighted by Gasteiger charge is -2.09. The number of imidazole rings is 1. The number of rotatable bonds is 7. The number of benzene rings is 2. The van der Waals surface area contributed by atoms with Crippen LogP contribution >= 0.6 is 0 Å². The quantitative estimate of drug-likeness (QED) is 0.400. The Morgan fingerprint density at radius 3 is 2.59 bits per heavy atom. The number of hydrogen-bond acceptors (Lipinski definition) is 5. The normalized spacial score (nSPS) is 11.1. The van der Waals surface area contributed by atoms with Gasteiger partial charge in [0.2, 0.25) is 5.82 Å². The van der Waals surface area contributed by atoms with Gasteiger partial charge in [-0.05, 0) is 41.0 Å². The Morgan fingerprint density at radius 2 is 1.85 bits per heavy atom. The summed E-state index contributed by atoms with van der Waals surface area (Å²) in [5.41, 5.74) is 4.46. The molecule has 0 fully saturated rings. The molecular weight excluding hydrogens is 433 g/mol. The first kappa shape index (κ1) is 21.4. The van der Waals surface area contributed by atoms with E-state index in [-0.39, 0.29) is 11.4 Å². The fourth-order valence-electron chi connectivity index (χ4n) is 4.04. The molecule has 0 radical (unpaired) electrons. The number of H-pyrrole nitrogens is 1. The Hall–Kier alpha value is -4.40. The number of nitrogens with zero attached hydrogens (tertiary/aromatic N) is 6. The van der Waals surface area contributed by atoms with E-state index >= 15 is 0 Å². The van der Waals surface area contributed by atoms with Gasteiger partial charge >= 0.3 is 5.69 Å². The molecule has 0 atom stereocenters. The molecule has 0 saturated carbocycles. The van der Waals surface area contributed by atoms with E-state index in [1.165, 1.54) is 10.6 Å². The minimum Gasteiger partial charge on any atom is -0.292 e. The van der Waals surface area contributed by atoms with Crippen molar-refractivity contribution in [3.63, 3.8) is 0 Å². The summed E-state index contributed by atoms with van der Waals surface area (Å²) in [6.07, 6.45) is 6.79. The molecule has 0 amide bonds. The average Bonchev–Trinajstić information content (AvgIpc) is 3.50. The standard InChI is InChI=1S/C25H22FN7O/c1-2-5-19-16-33(23-7-4-3-6-22(23)26)25(34)32(19)15-17-8-10-18(11-9-17)21-14-27-13-12-20(21)24-28-30-31-29-24/h3-4,6-14,16H,2,5,15H2,1H3,(H,28,29,30,31). The van der Waals surface area contributed by atoms with E-state index in [0.29, 0.717) is 12.4 Å². The second-order valence-corrected chi connectivity index (χ2v) is 7.91. The minimum absolute atomic E-state index is 0.254. The van der Waals surface area contributed by atoms with Gasteiger partial charge in [0.25, 0.3) is 0 Å². The molecular formula is C25H22FN7O. The third-order valence-electron chi connectivity index (χ3n) is 5.69. The van der Waals surface area contributed by atoms with Crippen molar-refractivity contribution in [2.75, 3.05) is 0 Å². The van der Waals surface area contributed by atoms with Crippen molar-refractivity contribution in [2.24, 2.45) is 0 Å². The van der Waals surface area contributed by atoms with Crippen molar-refractivity contribution in [1.29, 1.82) is 0 Å². The van der Waals surface area contributed by atoms with Crippen LogP contribution < -0.4 is 5.69 Å². The summed E-state index contributed by atoms with van der Waals surface area (Å²) in [7, 11) is 0. The topological polar surface area (TPSA) is 94.3 Å². The average molecular weight is 455 g/mol.